The monoisotopic (exact) mass is 384 g/mol. The highest BCUT2D eigenvalue weighted by Gasteiger charge is 2.24. The molecule has 0 aromatic heterocycles. The third-order valence-corrected chi connectivity index (χ3v) is 2.66. The molecule has 0 atom stereocenters. The van der Waals surface area contributed by atoms with Gasteiger partial charge in [0, 0.05) is 13.1 Å². The minimum Gasteiger partial charge on any atom is -0.369 e. The van der Waals surface area contributed by atoms with Crippen LogP contribution < -0.4 is 16.4 Å². The summed E-state index contributed by atoms with van der Waals surface area (Å²) in [4.78, 5) is 15.6. The second-order valence-corrected chi connectivity index (χ2v) is 5.55. The summed E-state index contributed by atoms with van der Waals surface area (Å²) in [6.45, 7) is 12.0. The van der Waals surface area contributed by atoms with Crippen LogP contribution in [0.3, 0.4) is 0 Å². The average molecular weight is 384 g/mol. The van der Waals surface area contributed by atoms with Gasteiger partial charge in [0.25, 0.3) is 0 Å². The largest absolute Gasteiger partial charge is 0.369 e. The van der Waals surface area contributed by atoms with E-state index in [9.17, 15) is 4.79 Å². The number of hydrogen-bond donors (Lipinski definition) is 3. The van der Waals surface area contributed by atoms with Crippen LogP contribution in [0.25, 0.3) is 0 Å². The van der Waals surface area contributed by atoms with E-state index in [0.717, 1.165) is 25.5 Å². The van der Waals surface area contributed by atoms with Crippen molar-refractivity contribution in [3.8, 4) is 0 Å². The molecule has 0 heterocycles. The first-order chi connectivity index (χ1) is 8.29. The van der Waals surface area contributed by atoms with E-state index in [1.807, 2.05) is 6.92 Å². The Labute approximate surface area is 134 Å². The van der Waals surface area contributed by atoms with Crippen molar-refractivity contribution in [2.24, 2.45) is 22.1 Å². The summed E-state index contributed by atoms with van der Waals surface area (Å²) in [5, 5.41) is 6.40. The normalized spacial score (nSPS) is 12.0. The zero-order chi connectivity index (χ0) is 14.2. The van der Waals surface area contributed by atoms with Crippen molar-refractivity contribution in [1.29, 1.82) is 0 Å². The minimum atomic E-state index is -0.611. The van der Waals surface area contributed by atoms with Crippen molar-refractivity contribution >= 4 is 35.8 Å². The van der Waals surface area contributed by atoms with Gasteiger partial charge in [-0.2, -0.15) is 0 Å². The van der Waals surface area contributed by atoms with Crippen LogP contribution in [0.15, 0.2) is 4.99 Å². The maximum absolute atomic E-state index is 11.2. The quantitative estimate of drug-likeness (QED) is 0.355. The number of guanidine groups is 1. The van der Waals surface area contributed by atoms with Gasteiger partial charge in [-0.15, -0.1) is 24.0 Å². The molecule has 0 aliphatic rings. The fourth-order valence-electron chi connectivity index (χ4n) is 1.18. The van der Waals surface area contributed by atoms with E-state index in [1.165, 1.54) is 0 Å². The summed E-state index contributed by atoms with van der Waals surface area (Å²) in [6.07, 6.45) is 1.09. The van der Waals surface area contributed by atoms with Gasteiger partial charge < -0.3 is 16.4 Å². The van der Waals surface area contributed by atoms with E-state index >= 15 is 0 Å². The molecule has 1 amide bonds. The second-order valence-electron chi connectivity index (χ2n) is 5.55. The Morgan fingerprint density at radius 2 is 1.89 bits per heavy atom. The third kappa shape index (κ3) is 9.98. The molecule has 5 nitrogen and oxygen atoms in total. The van der Waals surface area contributed by atoms with Gasteiger partial charge in [-0.1, -0.05) is 13.8 Å². The van der Waals surface area contributed by atoms with Crippen LogP contribution in [0.5, 0.6) is 0 Å². The zero-order valence-corrected chi connectivity index (χ0v) is 15.1. The van der Waals surface area contributed by atoms with E-state index in [1.54, 1.807) is 13.8 Å². The SMILES string of the molecule is CCNC(=NCC(C)(C)C(N)=O)NCCC(C)C.I. The molecule has 0 spiro atoms. The summed E-state index contributed by atoms with van der Waals surface area (Å²) in [6, 6.07) is 0. The molecular weight excluding hydrogens is 355 g/mol. The first kappa shape index (κ1) is 20.8. The number of hydrogen-bond acceptors (Lipinski definition) is 2. The second kappa shape index (κ2) is 10.3. The zero-order valence-electron chi connectivity index (χ0n) is 12.7. The first-order valence-corrected chi connectivity index (χ1v) is 6.61. The number of nitrogens with two attached hydrogens (primary N) is 1. The van der Waals surface area contributed by atoms with Gasteiger partial charge in [0.2, 0.25) is 5.91 Å². The molecule has 0 rings (SSSR count). The van der Waals surface area contributed by atoms with Crippen molar-refractivity contribution in [3.63, 3.8) is 0 Å². The van der Waals surface area contributed by atoms with E-state index in [4.69, 9.17) is 5.73 Å². The highest BCUT2D eigenvalue weighted by Crippen LogP contribution is 2.13. The number of aliphatic imine (C=N–C) groups is 1. The minimum absolute atomic E-state index is 0. The fourth-order valence-corrected chi connectivity index (χ4v) is 1.18. The number of primary amides is 1. The Bertz CT molecular complexity index is 290. The Morgan fingerprint density at radius 3 is 2.32 bits per heavy atom. The number of nitrogens with one attached hydrogen (secondary N) is 2. The van der Waals surface area contributed by atoms with Crippen LogP contribution in [0.2, 0.25) is 0 Å². The molecule has 6 heteroatoms. The summed E-state index contributed by atoms with van der Waals surface area (Å²) in [7, 11) is 0. The van der Waals surface area contributed by atoms with Crippen molar-refractivity contribution in [2.45, 2.75) is 41.0 Å². The van der Waals surface area contributed by atoms with Crippen LogP contribution in [-0.4, -0.2) is 31.5 Å². The van der Waals surface area contributed by atoms with Crippen molar-refractivity contribution in [2.75, 3.05) is 19.6 Å². The number of carbonyl (C=O) groups excluding carboxylic acids is 1. The molecule has 0 aromatic carbocycles. The number of nitrogens with zero attached hydrogens (tertiary/aromatic N) is 1. The summed E-state index contributed by atoms with van der Waals surface area (Å²) >= 11 is 0. The van der Waals surface area contributed by atoms with Crippen LogP contribution in [0, 0.1) is 11.3 Å². The smallest absolute Gasteiger partial charge is 0.224 e. The molecule has 19 heavy (non-hydrogen) atoms. The lowest BCUT2D eigenvalue weighted by Crippen LogP contribution is -2.40. The summed E-state index contributed by atoms with van der Waals surface area (Å²) < 4.78 is 0. The van der Waals surface area contributed by atoms with Crippen LogP contribution in [0.1, 0.15) is 41.0 Å². The maximum Gasteiger partial charge on any atom is 0.224 e. The lowest BCUT2D eigenvalue weighted by molar-refractivity contribution is -0.125. The van der Waals surface area contributed by atoms with Crippen LogP contribution >= 0.6 is 24.0 Å². The van der Waals surface area contributed by atoms with Crippen molar-refractivity contribution < 1.29 is 4.79 Å². The highest BCUT2D eigenvalue weighted by molar-refractivity contribution is 14.0. The van der Waals surface area contributed by atoms with E-state index in [0.29, 0.717) is 12.5 Å². The summed E-state index contributed by atoms with van der Waals surface area (Å²) in [5.41, 5.74) is 4.71. The van der Waals surface area contributed by atoms with Crippen molar-refractivity contribution in [3.05, 3.63) is 0 Å². The lowest BCUT2D eigenvalue weighted by atomic mass is 9.93. The Morgan fingerprint density at radius 1 is 1.32 bits per heavy atom. The first-order valence-electron chi connectivity index (χ1n) is 6.61. The van der Waals surface area contributed by atoms with E-state index < -0.39 is 5.41 Å². The number of carbonyl (C=O) groups is 1. The molecule has 0 saturated heterocycles. The molecule has 0 aromatic rings. The van der Waals surface area contributed by atoms with Gasteiger partial charge in [0.15, 0.2) is 5.96 Å². The van der Waals surface area contributed by atoms with Gasteiger partial charge in [-0.25, -0.2) is 0 Å². The number of halogens is 1. The molecule has 0 radical (unpaired) electrons. The average Bonchev–Trinajstić information content (AvgIpc) is 2.25. The van der Waals surface area contributed by atoms with Gasteiger partial charge in [-0.3, -0.25) is 9.79 Å². The molecule has 0 fully saturated rings. The molecule has 0 bridgehead atoms. The van der Waals surface area contributed by atoms with E-state index in [-0.39, 0.29) is 29.9 Å². The standard InChI is InChI=1S/C13H28N4O.HI/c1-6-15-12(16-8-7-10(2)3)17-9-13(4,5)11(14)18;/h10H,6-9H2,1-5H3,(H2,14,18)(H2,15,16,17);1H. The van der Waals surface area contributed by atoms with Gasteiger partial charge in [-0.05, 0) is 33.1 Å². The molecule has 4 N–H and O–H groups in total. The predicted octanol–water partition coefficient (Wildman–Crippen LogP) is 1.72. The van der Waals surface area contributed by atoms with Gasteiger partial charge in [0.1, 0.15) is 0 Å². The summed E-state index contributed by atoms with van der Waals surface area (Å²) in [5.74, 6) is 1.07. The molecule has 0 unspecified atom stereocenters. The molecule has 0 aliphatic carbocycles. The molecular formula is C13H29IN4O. The Balaban J connectivity index is 0. The van der Waals surface area contributed by atoms with Crippen molar-refractivity contribution in [1.82, 2.24) is 10.6 Å². The third-order valence-electron chi connectivity index (χ3n) is 2.66. The maximum atomic E-state index is 11.2. The highest BCUT2D eigenvalue weighted by atomic mass is 127. The van der Waals surface area contributed by atoms with Gasteiger partial charge in [0.05, 0.1) is 12.0 Å². The Hall–Kier alpha value is -0.530. The molecule has 0 saturated carbocycles. The molecule has 114 valence electrons. The van der Waals surface area contributed by atoms with Crippen LogP contribution in [0.4, 0.5) is 0 Å². The predicted molar refractivity (Wildman–Crippen MR) is 91.8 cm³/mol. The van der Waals surface area contributed by atoms with Crippen LogP contribution in [-0.2, 0) is 4.79 Å². The number of rotatable bonds is 7. The van der Waals surface area contributed by atoms with E-state index in [2.05, 4.69) is 29.5 Å². The topological polar surface area (TPSA) is 79.5 Å². The lowest BCUT2D eigenvalue weighted by Gasteiger charge is -2.19. The van der Waals surface area contributed by atoms with Gasteiger partial charge >= 0.3 is 0 Å². The molecule has 0 aliphatic heterocycles. The fraction of sp³-hybridized carbons (Fsp3) is 0.846. The number of amides is 1. The Kier molecular flexibility index (Phi) is 11.2.